The Bertz CT molecular complexity index is 472. The molecule has 2 atom stereocenters. The lowest BCUT2D eigenvalue weighted by molar-refractivity contribution is -0.137. The molecule has 0 heterocycles. The van der Waals surface area contributed by atoms with Crippen LogP contribution in [-0.2, 0) is 17.5 Å². The first-order valence-electron chi connectivity index (χ1n) is 6.03. The molecule has 0 aliphatic rings. The smallest absolute Gasteiger partial charge is 0.416 e. The average molecular weight is 308 g/mol. The number of halogens is 3. The van der Waals surface area contributed by atoms with Crippen molar-refractivity contribution in [2.75, 3.05) is 0 Å². The number of alkyl halides is 3. The first kappa shape index (κ1) is 17.3. The number of hydrogen-bond acceptors (Lipinski definition) is 3. The van der Waals surface area contributed by atoms with Crippen LogP contribution in [0.5, 0.6) is 0 Å². The maximum Gasteiger partial charge on any atom is 0.416 e. The summed E-state index contributed by atoms with van der Waals surface area (Å²) in [5.41, 5.74) is 5.76. The second-order valence-corrected chi connectivity index (χ2v) is 7.60. The molecule has 0 bridgehead atoms. The van der Waals surface area contributed by atoms with E-state index >= 15 is 0 Å². The van der Waals surface area contributed by atoms with Crippen molar-refractivity contribution < 1.29 is 17.7 Å². The number of rotatable bonds is 3. The van der Waals surface area contributed by atoms with E-state index in [1.165, 1.54) is 0 Å². The second kappa shape index (κ2) is 5.93. The van der Waals surface area contributed by atoms with Crippen molar-refractivity contribution in [1.29, 1.82) is 0 Å². The molecule has 1 aromatic carbocycles. The highest BCUT2D eigenvalue weighted by molar-refractivity contribution is 7.90. The van der Waals surface area contributed by atoms with E-state index in [4.69, 9.17) is 5.73 Å². The third-order valence-corrected chi connectivity index (χ3v) is 4.16. The Morgan fingerprint density at radius 3 is 2.20 bits per heavy atom. The number of aryl methyl sites for hydroxylation is 1. The Balaban J connectivity index is 2.99. The van der Waals surface area contributed by atoms with Crippen LogP contribution in [0.4, 0.5) is 13.2 Å². The predicted octanol–water partition coefficient (Wildman–Crippen LogP) is 3.02. The molecule has 114 valence electrons. The number of hydrogen-bond donors (Lipinski definition) is 2. The zero-order valence-electron chi connectivity index (χ0n) is 11.8. The molecule has 0 aliphatic carbocycles. The Morgan fingerprint density at radius 1 is 1.20 bits per heavy atom. The van der Waals surface area contributed by atoms with Gasteiger partial charge in [0, 0.05) is 11.4 Å². The molecule has 0 radical (unpaired) electrons. The molecule has 1 aromatic rings. The Labute approximate surface area is 120 Å². The largest absolute Gasteiger partial charge is 0.598 e. The summed E-state index contributed by atoms with van der Waals surface area (Å²) in [6.45, 7) is 6.81. The molecular weight excluding hydrogens is 289 g/mol. The third kappa shape index (κ3) is 4.66. The van der Waals surface area contributed by atoms with E-state index in [1.54, 1.807) is 33.8 Å². The summed E-state index contributed by atoms with van der Waals surface area (Å²) in [6.07, 6.45) is -5.35. The number of benzene rings is 1. The van der Waals surface area contributed by atoms with E-state index in [-0.39, 0.29) is 5.56 Å². The van der Waals surface area contributed by atoms with Crippen molar-refractivity contribution >= 4 is 11.4 Å². The third-order valence-electron chi connectivity index (χ3n) is 2.58. The topological polar surface area (TPSA) is 61.1 Å². The fourth-order valence-electron chi connectivity index (χ4n) is 1.52. The van der Waals surface area contributed by atoms with Crippen LogP contribution in [0.1, 0.15) is 43.6 Å². The quantitative estimate of drug-likeness (QED) is 0.666. The molecule has 0 saturated carbocycles. The van der Waals surface area contributed by atoms with Gasteiger partial charge in [0.05, 0.1) is 5.56 Å². The Kier molecular flexibility index (Phi) is 5.13. The molecule has 3 nitrogen and oxygen atoms in total. The zero-order chi connectivity index (χ0) is 15.7. The Hall–Kier alpha value is -0.760. The molecule has 0 aromatic heterocycles. The molecule has 7 heteroatoms. The van der Waals surface area contributed by atoms with Gasteiger partial charge in [-0.05, 0) is 45.4 Å². The highest BCUT2D eigenvalue weighted by Gasteiger charge is 2.32. The molecule has 0 saturated heterocycles. The van der Waals surface area contributed by atoms with Crippen LogP contribution in [-0.4, -0.2) is 9.30 Å². The summed E-state index contributed by atoms with van der Waals surface area (Å²) in [5.74, 6) is 0. The molecule has 1 rings (SSSR count). The maximum atomic E-state index is 12.7. The Morgan fingerprint density at radius 2 is 1.75 bits per heavy atom. The molecule has 0 spiro atoms. The monoisotopic (exact) mass is 308 g/mol. The summed E-state index contributed by atoms with van der Waals surface area (Å²) in [4.78, 5) is 0. The molecule has 0 unspecified atom stereocenters. The van der Waals surface area contributed by atoms with Crippen molar-refractivity contribution in [1.82, 2.24) is 4.72 Å². The summed E-state index contributed by atoms with van der Waals surface area (Å²) in [6, 6.07) is 3.58. The second-order valence-electron chi connectivity index (χ2n) is 5.61. The van der Waals surface area contributed by atoms with Crippen LogP contribution in [0.2, 0.25) is 0 Å². The molecular formula is C13H19F3N2OS. The average Bonchev–Trinajstić information content (AvgIpc) is 2.25. The zero-order valence-corrected chi connectivity index (χ0v) is 12.7. The van der Waals surface area contributed by atoms with Crippen LogP contribution in [0, 0.1) is 6.92 Å². The van der Waals surface area contributed by atoms with Crippen LogP contribution in [0.25, 0.3) is 0 Å². The van der Waals surface area contributed by atoms with E-state index < -0.39 is 34.0 Å². The molecule has 20 heavy (non-hydrogen) atoms. The minimum Gasteiger partial charge on any atom is -0.598 e. The van der Waals surface area contributed by atoms with Crippen LogP contribution in [0.15, 0.2) is 18.2 Å². The normalized spacial score (nSPS) is 16.1. The van der Waals surface area contributed by atoms with Gasteiger partial charge in [0.25, 0.3) is 0 Å². The lowest BCUT2D eigenvalue weighted by Crippen LogP contribution is -2.43. The van der Waals surface area contributed by atoms with Gasteiger partial charge in [0.1, 0.15) is 10.9 Å². The minimum atomic E-state index is -4.43. The fourth-order valence-corrected chi connectivity index (χ4v) is 2.24. The lowest BCUT2D eigenvalue weighted by Gasteiger charge is -2.26. The highest BCUT2D eigenvalue weighted by atomic mass is 32.2. The fraction of sp³-hybridized carbons (Fsp3) is 0.538. The molecule has 3 N–H and O–H groups in total. The predicted molar refractivity (Wildman–Crippen MR) is 74.1 cm³/mol. The SMILES string of the molecule is Cc1cc([C@@H](N)N[S@+]([O-])C(C)(C)C)cc(C(F)(F)F)c1. The number of nitrogens with one attached hydrogen (secondary N) is 1. The first-order chi connectivity index (χ1) is 8.91. The van der Waals surface area contributed by atoms with E-state index in [9.17, 15) is 17.7 Å². The van der Waals surface area contributed by atoms with Gasteiger partial charge in [-0.1, -0.05) is 11.6 Å². The van der Waals surface area contributed by atoms with Crippen LogP contribution >= 0.6 is 0 Å². The van der Waals surface area contributed by atoms with E-state index in [1.807, 2.05) is 0 Å². The van der Waals surface area contributed by atoms with Gasteiger partial charge >= 0.3 is 6.18 Å². The summed E-state index contributed by atoms with van der Waals surface area (Å²) in [5, 5.41) is 0. The van der Waals surface area contributed by atoms with Gasteiger partial charge < -0.3 is 10.3 Å². The highest BCUT2D eigenvalue weighted by Crippen LogP contribution is 2.31. The summed E-state index contributed by atoms with van der Waals surface area (Å²) in [7, 11) is 0. The van der Waals surface area contributed by atoms with E-state index in [0.29, 0.717) is 5.56 Å². The van der Waals surface area contributed by atoms with Crippen molar-refractivity contribution in [2.24, 2.45) is 5.73 Å². The van der Waals surface area contributed by atoms with Crippen molar-refractivity contribution in [3.63, 3.8) is 0 Å². The molecule has 0 amide bonds. The van der Waals surface area contributed by atoms with Gasteiger partial charge in [-0.2, -0.15) is 13.2 Å². The van der Waals surface area contributed by atoms with E-state index in [2.05, 4.69) is 4.72 Å². The summed E-state index contributed by atoms with van der Waals surface area (Å²) >= 11 is -1.46. The van der Waals surface area contributed by atoms with E-state index in [0.717, 1.165) is 12.1 Å². The minimum absolute atomic E-state index is 0.259. The van der Waals surface area contributed by atoms with Gasteiger partial charge in [0.15, 0.2) is 0 Å². The lowest BCUT2D eigenvalue weighted by atomic mass is 10.0. The molecule has 0 fully saturated rings. The summed E-state index contributed by atoms with van der Waals surface area (Å²) < 4.78 is 52.2. The van der Waals surface area contributed by atoms with Crippen molar-refractivity contribution in [2.45, 2.75) is 44.8 Å². The first-order valence-corrected chi connectivity index (χ1v) is 7.18. The van der Waals surface area contributed by atoms with Gasteiger partial charge in [-0.15, -0.1) is 4.72 Å². The molecule has 0 aliphatic heterocycles. The van der Waals surface area contributed by atoms with Gasteiger partial charge in [-0.3, -0.25) is 0 Å². The number of nitrogens with two attached hydrogens (primary N) is 1. The maximum absolute atomic E-state index is 12.7. The van der Waals surface area contributed by atoms with Crippen LogP contribution in [0.3, 0.4) is 0 Å². The van der Waals surface area contributed by atoms with Gasteiger partial charge in [-0.25, -0.2) is 0 Å². The van der Waals surface area contributed by atoms with Crippen molar-refractivity contribution in [3.8, 4) is 0 Å². The van der Waals surface area contributed by atoms with Crippen LogP contribution < -0.4 is 10.5 Å². The van der Waals surface area contributed by atoms with Crippen molar-refractivity contribution in [3.05, 3.63) is 34.9 Å². The standard InChI is InChI=1S/C13H19F3N2OS/c1-8-5-9(7-10(6-8)13(14,15)16)11(17)18-20(19)12(2,3)4/h5-7,11,18H,17H2,1-4H3/t11-,20+/m0/s1. The van der Waals surface area contributed by atoms with Gasteiger partial charge in [0.2, 0.25) is 0 Å².